The number of hydrogen-bond acceptors (Lipinski definition) is 3. The fourth-order valence-electron chi connectivity index (χ4n) is 3.29. The van der Waals surface area contributed by atoms with Crippen molar-refractivity contribution in [3.8, 4) is 5.75 Å². The predicted molar refractivity (Wildman–Crippen MR) is 88.6 cm³/mol. The van der Waals surface area contributed by atoms with Crippen LogP contribution in [0, 0.1) is 5.92 Å². The van der Waals surface area contributed by atoms with Crippen LogP contribution >= 0.6 is 0 Å². The number of benzene rings is 1. The van der Waals surface area contributed by atoms with Gasteiger partial charge in [0.25, 0.3) is 0 Å². The van der Waals surface area contributed by atoms with Crippen LogP contribution in [0.25, 0.3) is 0 Å². The van der Waals surface area contributed by atoms with Crippen molar-refractivity contribution in [2.75, 3.05) is 26.7 Å². The molecule has 0 amide bonds. The fraction of sp³-hybridized carbons (Fsp3) is 0.667. The summed E-state index contributed by atoms with van der Waals surface area (Å²) in [6.45, 7) is 4.95. The molecule has 0 heterocycles. The molecular formula is C18H30N2O. The van der Waals surface area contributed by atoms with Crippen molar-refractivity contribution in [3.05, 3.63) is 30.3 Å². The molecule has 3 heteroatoms. The second-order valence-electron chi connectivity index (χ2n) is 6.55. The normalized spacial score (nSPS) is 26.0. The van der Waals surface area contributed by atoms with Crippen LogP contribution in [0.15, 0.2) is 30.3 Å². The van der Waals surface area contributed by atoms with E-state index in [0.717, 1.165) is 37.8 Å². The molecule has 2 rings (SSSR count). The lowest BCUT2D eigenvalue weighted by molar-refractivity contribution is 0.0635. The van der Waals surface area contributed by atoms with Crippen molar-refractivity contribution in [1.29, 1.82) is 0 Å². The highest BCUT2D eigenvalue weighted by Gasteiger charge is 2.36. The maximum Gasteiger partial charge on any atom is 0.119 e. The number of rotatable bonds is 7. The Morgan fingerprint density at radius 2 is 1.90 bits per heavy atom. The Balaban J connectivity index is 1.74. The second kappa shape index (κ2) is 7.81. The minimum Gasteiger partial charge on any atom is -0.494 e. The SMILES string of the molecule is CC1CCC(CN)(N(C)CCCOc2ccccc2)CC1. The number of para-hydroxylation sites is 1. The molecule has 3 nitrogen and oxygen atoms in total. The van der Waals surface area contributed by atoms with Gasteiger partial charge in [0, 0.05) is 18.6 Å². The average molecular weight is 290 g/mol. The summed E-state index contributed by atoms with van der Waals surface area (Å²) in [6, 6.07) is 10.0. The molecule has 1 aliphatic carbocycles. The first-order valence-corrected chi connectivity index (χ1v) is 8.25. The summed E-state index contributed by atoms with van der Waals surface area (Å²) in [5.41, 5.74) is 6.33. The monoisotopic (exact) mass is 290 g/mol. The quantitative estimate of drug-likeness (QED) is 0.783. The maximum atomic E-state index is 6.11. The molecule has 1 aromatic carbocycles. The molecule has 21 heavy (non-hydrogen) atoms. The number of nitrogens with zero attached hydrogens (tertiary/aromatic N) is 1. The van der Waals surface area contributed by atoms with Crippen LogP contribution in [0.2, 0.25) is 0 Å². The van der Waals surface area contributed by atoms with Crippen molar-refractivity contribution in [3.63, 3.8) is 0 Å². The zero-order chi connectivity index (χ0) is 15.1. The van der Waals surface area contributed by atoms with Gasteiger partial charge in [-0.05, 0) is 57.2 Å². The maximum absolute atomic E-state index is 6.11. The lowest BCUT2D eigenvalue weighted by atomic mass is 9.76. The Hall–Kier alpha value is -1.06. The third kappa shape index (κ3) is 4.45. The Morgan fingerprint density at radius 1 is 1.24 bits per heavy atom. The highest BCUT2D eigenvalue weighted by atomic mass is 16.5. The minimum atomic E-state index is 0.221. The van der Waals surface area contributed by atoms with E-state index in [1.54, 1.807) is 0 Å². The lowest BCUT2D eigenvalue weighted by Gasteiger charge is -2.45. The van der Waals surface area contributed by atoms with E-state index in [4.69, 9.17) is 10.5 Å². The van der Waals surface area contributed by atoms with Gasteiger partial charge in [-0.1, -0.05) is 25.1 Å². The molecule has 1 aliphatic rings. The molecule has 2 N–H and O–H groups in total. The van der Waals surface area contributed by atoms with E-state index in [9.17, 15) is 0 Å². The summed E-state index contributed by atoms with van der Waals surface area (Å²) >= 11 is 0. The summed E-state index contributed by atoms with van der Waals surface area (Å²) in [7, 11) is 2.23. The molecule has 118 valence electrons. The Kier molecular flexibility index (Phi) is 6.07. The first-order valence-electron chi connectivity index (χ1n) is 8.25. The van der Waals surface area contributed by atoms with Gasteiger partial charge in [0.1, 0.15) is 5.75 Å². The Morgan fingerprint density at radius 3 is 2.52 bits per heavy atom. The van der Waals surface area contributed by atoms with Crippen molar-refractivity contribution >= 4 is 0 Å². The highest BCUT2D eigenvalue weighted by Crippen LogP contribution is 2.35. The molecule has 0 spiro atoms. The fourth-order valence-corrected chi connectivity index (χ4v) is 3.29. The predicted octanol–water partition coefficient (Wildman–Crippen LogP) is 3.29. The molecule has 1 aromatic rings. The largest absolute Gasteiger partial charge is 0.494 e. The number of nitrogens with two attached hydrogens (primary N) is 1. The van der Waals surface area contributed by atoms with E-state index < -0.39 is 0 Å². The third-order valence-electron chi connectivity index (χ3n) is 5.04. The van der Waals surface area contributed by atoms with Crippen LogP contribution in [0.1, 0.15) is 39.0 Å². The summed E-state index contributed by atoms with van der Waals surface area (Å²) in [4.78, 5) is 2.48. The molecule has 1 fully saturated rings. The van der Waals surface area contributed by atoms with Crippen LogP contribution in [0.5, 0.6) is 5.75 Å². The van der Waals surface area contributed by atoms with Gasteiger partial charge in [-0.3, -0.25) is 4.90 Å². The van der Waals surface area contributed by atoms with E-state index in [2.05, 4.69) is 18.9 Å². The van der Waals surface area contributed by atoms with Crippen molar-refractivity contribution in [2.24, 2.45) is 11.7 Å². The standard InChI is InChI=1S/C18H30N2O/c1-16-9-11-18(15-19,12-10-16)20(2)13-6-14-21-17-7-4-3-5-8-17/h3-5,7-8,16H,6,9-15,19H2,1-2H3. The minimum absolute atomic E-state index is 0.221. The average Bonchev–Trinajstić information content (AvgIpc) is 2.53. The topological polar surface area (TPSA) is 38.5 Å². The lowest BCUT2D eigenvalue weighted by Crippen LogP contribution is -2.54. The Bertz CT molecular complexity index is 399. The molecule has 1 saturated carbocycles. The first-order chi connectivity index (χ1) is 10.2. The zero-order valence-corrected chi connectivity index (χ0v) is 13.6. The van der Waals surface area contributed by atoms with Gasteiger partial charge in [0.15, 0.2) is 0 Å². The van der Waals surface area contributed by atoms with Crippen LogP contribution in [-0.2, 0) is 0 Å². The molecule has 0 bridgehead atoms. The number of ether oxygens (including phenoxy) is 1. The molecule has 0 atom stereocenters. The van der Waals surface area contributed by atoms with Crippen LogP contribution in [0.3, 0.4) is 0 Å². The van der Waals surface area contributed by atoms with Crippen LogP contribution < -0.4 is 10.5 Å². The number of hydrogen-bond donors (Lipinski definition) is 1. The zero-order valence-electron chi connectivity index (χ0n) is 13.6. The van der Waals surface area contributed by atoms with E-state index in [1.165, 1.54) is 25.7 Å². The van der Waals surface area contributed by atoms with Gasteiger partial charge < -0.3 is 10.5 Å². The van der Waals surface area contributed by atoms with E-state index in [1.807, 2.05) is 30.3 Å². The van der Waals surface area contributed by atoms with Crippen molar-refractivity contribution in [2.45, 2.75) is 44.6 Å². The van der Waals surface area contributed by atoms with Gasteiger partial charge in [0.2, 0.25) is 0 Å². The third-order valence-corrected chi connectivity index (χ3v) is 5.04. The molecule has 0 aliphatic heterocycles. The van der Waals surface area contributed by atoms with Gasteiger partial charge in [-0.25, -0.2) is 0 Å². The smallest absolute Gasteiger partial charge is 0.119 e. The van der Waals surface area contributed by atoms with E-state index in [0.29, 0.717) is 0 Å². The molecular weight excluding hydrogens is 260 g/mol. The van der Waals surface area contributed by atoms with E-state index in [-0.39, 0.29) is 5.54 Å². The summed E-state index contributed by atoms with van der Waals surface area (Å²) in [6.07, 6.45) is 6.13. The number of likely N-dealkylation sites (N-methyl/N-ethyl adjacent to an activating group) is 1. The Labute approximate surface area is 129 Å². The van der Waals surface area contributed by atoms with Gasteiger partial charge in [-0.15, -0.1) is 0 Å². The summed E-state index contributed by atoms with van der Waals surface area (Å²) < 4.78 is 5.77. The summed E-state index contributed by atoms with van der Waals surface area (Å²) in [5.74, 6) is 1.82. The highest BCUT2D eigenvalue weighted by molar-refractivity contribution is 5.20. The molecule has 0 aromatic heterocycles. The van der Waals surface area contributed by atoms with Crippen LogP contribution in [-0.4, -0.2) is 37.2 Å². The first kappa shape index (κ1) is 16.3. The van der Waals surface area contributed by atoms with Crippen LogP contribution in [0.4, 0.5) is 0 Å². The molecule has 0 saturated heterocycles. The van der Waals surface area contributed by atoms with Crippen molar-refractivity contribution in [1.82, 2.24) is 4.90 Å². The van der Waals surface area contributed by atoms with Gasteiger partial charge in [-0.2, -0.15) is 0 Å². The van der Waals surface area contributed by atoms with Gasteiger partial charge in [0.05, 0.1) is 6.61 Å². The van der Waals surface area contributed by atoms with Gasteiger partial charge >= 0.3 is 0 Å². The molecule has 0 radical (unpaired) electrons. The molecule has 0 unspecified atom stereocenters. The van der Waals surface area contributed by atoms with Crippen molar-refractivity contribution < 1.29 is 4.74 Å². The summed E-state index contributed by atoms with van der Waals surface area (Å²) in [5, 5.41) is 0. The second-order valence-corrected chi connectivity index (χ2v) is 6.55. The van der Waals surface area contributed by atoms with E-state index >= 15 is 0 Å².